The minimum Gasteiger partial charge on any atom is -0.508 e. The van der Waals surface area contributed by atoms with E-state index in [0.717, 1.165) is 12.1 Å². The van der Waals surface area contributed by atoms with E-state index in [4.69, 9.17) is 5.11 Å². The van der Waals surface area contributed by atoms with Gasteiger partial charge in [-0.1, -0.05) is 0 Å². The first kappa shape index (κ1) is 10.6. The molecule has 2 N–H and O–H groups in total. The van der Waals surface area contributed by atoms with E-state index in [1.54, 1.807) is 0 Å². The van der Waals surface area contributed by atoms with Gasteiger partial charge in [-0.25, -0.2) is 0 Å². The molecule has 1 aromatic carbocycles. The zero-order chi connectivity index (χ0) is 10.8. The maximum Gasteiger partial charge on any atom is 0.418 e. The fraction of sp³-hybridized carbons (Fsp3) is 0.250. The number of rotatable bonds is 2. The second kappa shape index (κ2) is 3.75. The van der Waals surface area contributed by atoms with Gasteiger partial charge in [0.1, 0.15) is 5.75 Å². The SMILES string of the molecule is CONc1ccc(O)cc1C(F)(F)F. The van der Waals surface area contributed by atoms with E-state index in [1.165, 1.54) is 7.11 Å². The number of hydrogen-bond acceptors (Lipinski definition) is 3. The molecular formula is C8H8F3NO2. The zero-order valence-electron chi connectivity index (χ0n) is 7.22. The molecule has 0 fully saturated rings. The van der Waals surface area contributed by atoms with E-state index in [2.05, 4.69) is 10.3 Å². The van der Waals surface area contributed by atoms with Gasteiger partial charge in [0.25, 0.3) is 0 Å². The van der Waals surface area contributed by atoms with Crippen LogP contribution in [0.3, 0.4) is 0 Å². The lowest BCUT2D eigenvalue weighted by Gasteiger charge is -2.13. The zero-order valence-corrected chi connectivity index (χ0v) is 7.22. The number of phenols is 1. The fourth-order valence-corrected chi connectivity index (χ4v) is 0.966. The van der Waals surface area contributed by atoms with Crippen molar-refractivity contribution in [2.75, 3.05) is 12.6 Å². The van der Waals surface area contributed by atoms with Crippen LogP contribution in [-0.4, -0.2) is 12.2 Å². The monoisotopic (exact) mass is 207 g/mol. The second-order valence-electron chi connectivity index (χ2n) is 2.53. The normalized spacial score (nSPS) is 11.4. The number of halogens is 3. The van der Waals surface area contributed by atoms with Crippen molar-refractivity contribution in [3.8, 4) is 5.75 Å². The van der Waals surface area contributed by atoms with Gasteiger partial charge in [-0.15, -0.1) is 0 Å². The molecule has 1 rings (SSSR count). The topological polar surface area (TPSA) is 41.5 Å². The van der Waals surface area contributed by atoms with Gasteiger partial charge >= 0.3 is 6.18 Å². The van der Waals surface area contributed by atoms with E-state index in [0.29, 0.717) is 6.07 Å². The highest BCUT2D eigenvalue weighted by atomic mass is 19.4. The third kappa shape index (κ3) is 2.29. The average molecular weight is 207 g/mol. The van der Waals surface area contributed by atoms with Crippen LogP contribution in [0.25, 0.3) is 0 Å². The van der Waals surface area contributed by atoms with Crippen LogP contribution in [0.5, 0.6) is 5.75 Å². The van der Waals surface area contributed by atoms with Crippen molar-refractivity contribution >= 4 is 5.69 Å². The predicted octanol–water partition coefficient (Wildman–Crippen LogP) is 2.38. The van der Waals surface area contributed by atoms with Crippen molar-refractivity contribution in [2.45, 2.75) is 6.18 Å². The van der Waals surface area contributed by atoms with Gasteiger partial charge < -0.3 is 5.11 Å². The van der Waals surface area contributed by atoms with Crippen LogP contribution in [0.1, 0.15) is 5.56 Å². The standard InChI is InChI=1S/C8H8F3NO2/c1-14-12-7-3-2-5(13)4-6(7)8(9,10)11/h2-4,12-13H,1H3. The third-order valence-electron chi connectivity index (χ3n) is 1.52. The van der Waals surface area contributed by atoms with E-state index in [-0.39, 0.29) is 5.69 Å². The van der Waals surface area contributed by atoms with Crippen LogP contribution >= 0.6 is 0 Å². The Morgan fingerprint density at radius 2 is 2.00 bits per heavy atom. The van der Waals surface area contributed by atoms with Crippen LogP contribution in [0.2, 0.25) is 0 Å². The fourth-order valence-electron chi connectivity index (χ4n) is 0.966. The van der Waals surface area contributed by atoms with Crippen LogP contribution in [0.15, 0.2) is 18.2 Å². The molecule has 0 heterocycles. The van der Waals surface area contributed by atoms with E-state index in [9.17, 15) is 13.2 Å². The van der Waals surface area contributed by atoms with Gasteiger partial charge in [0.05, 0.1) is 18.4 Å². The van der Waals surface area contributed by atoms with Crippen molar-refractivity contribution in [2.24, 2.45) is 0 Å². The number of alkyl halides is 3. The summed E-state index contributed by atoms with van der Waals surface area (Å²) in [7, 11) is 1.20. The summed E-state index contributed by atoms with van der Waals surface area (Å²) < 4.78 is 37.0. The van der Waals surface area contributed by atoms with Crippen molar-refractivity contribution in [1.29, 1.82) is 0 Å². The van der Waals surface area contributed by atoms with Crippen LogP contribution in [-0.2, 0) is 11.0 Å². The molecule has 0 saturated carbocycles. The molecule has 0 spiro atoms. The number of benzene rings is 1. The summed E-state index contributed by atoms with van der Waals surface area (Å²) in [6, 6.07) is 2.85. The molecule has 0 aliphatic heterocycles. The number of aromatic hydroxyl groups is 1. The molecule has 0 unspecified atom stereocenters. The lowest BCUT2D eigenvalue weighted by molar-refractivity contribution is -0.137. The number of anilines is 1. The number of phenolic OH excluding ortho intramolecular Hbond substituents is 1. The summed E-state index contributed by atoms with van der Waals surface area (Å²) in [6.45, 7) is 0. The summed E-state index contributed by atoms with van der Waals surface area (Å²) in [4.78, 5) is 4.37. The van der Waals surface area contributed by atoms with Crippen molar-refractivity contribution < 1.29 is 23.1 Å². The first-order chi connectivity index (χ1) is 6.45. The molecule has 0 aliphatic rings. The van der Waals surface area contributed by atoms with Gasteiger partial charge in [-0.3, -0.25) is 10.3 Å². The summed E-state index contributed by atoms with van der Waals surface area (Å²) >= 11 is 0. The molecule has 0 aromatic heterocycles. The maximum atomic E-state index is 12.3. The molecule has 14 heavy (non-hydrogen) atoms. The molecule has 0 aliphatic carbocycles. The first-order valence-corrected chi connectivity index (χ1v) is 3.64. The summed E-state index contributed by atoms with van der Waals surface area (Å²) in [5.74, 6) is -0.445. The van der Waals surface area contributed by atoms with Crippen molar-refractivity contribution in [1.82, 2.24) is 0 Å². The van der Waals surface area contributed by atoms with E-state index in [1.807, 2.05) is 0 Å². The highest BCUT2D eigenvalue weighted by Crippen LogP contribution is 2.36. The Labute approximate surface area is 78.1 Å². The van der Waals surface area contributed by atoms with E-state index < -0.39 is 17.5 Å². The minimum absolute atomic E-state index is 0.238. The van der Waals surface area contributed by atoms with Crippen molar-refractivity contribution in [3.05, 3.63) is 23.8 Å². The van der Waals surface area contributed by atoms with Gasteiger partial charge in [0, 0.05) is 0 Å². The van der Waals surface area contributed by atoms with Crippen molar-refractivity contribution in [3.63, 3.8) is 0 Å². The lowest BCUT2D eigenvalue weighted by Crippen LogP contribution is -2.10. The van der Waals surface area contributed by atoms with E-state index >= 15 is 0 Å². The Hall–Kier alpha value is -1.43. The molecular weight excluding hydrogens is 199 g/mol. The molecule has 0 saturated heterocycles. The van der Waals surface area contributed by atoms with Gasteiger partial charge in [-0.05, 0) is 18.2 Å². The molecule has 3 nitrogen and oxygen atoms in total. The number of hydrogen-bond donors (Lipinski definition) is 2. The van der Waals surface area contributed by atoms with Crippen LogP contribution in [0, 0.1) is 0 Å². The molecule has 0 bridgehead atoms. The van der Waals surface area contributed by atoms with Gasteiger partial charge in [0.15, 0.2) is 0 Å². The second-order valence-corrected chi connectivity index (χ2v) is 2.53. The quantitative estimate of drug-likeness (QED) is 0.577. The van der Waals surface area contributed by atoms with Crippen LogP contribution in [0.4, 0.5) is 18.9 Å². The molecule has 0 amide bonds. The van der Waals surface area contributed by atoms with Gasteiger partial charge in [-0.2, -0.15) is 13.2 Å². The summed E-state index contributed by atoms with van der Waals surface area (Å²) in [5.41, 5.74) is 0.868. The summed E-state index contributed by atoms with van der Waals surface area (Å²) in [6.07, 6.45) is -4.53. The molecule has 0 radical (unpaired) electrons. The Morgan fingerprint density at radius 1 is 1.36 bits per heavy atom. The number of nitrogens with one attached hydrogen (secondary N) is 1. The molecule has 6 heteroatoms. The molecule has 0 atom stereocenters. The Morgan fingerprint density at radius 3 is 2.50 bits per heavy atom. The van der Waals surface area contributed by atoms with Gasteiger partial charge in [0.2, 0.25) is 0 Å². The molecule has 78 valence electrons. The first-order valence-electron chi connectivity index (χ1n) is 3.64. The Bertz CT molecular complexity index is 325. The highest BCUT2D eigenvalue weighted by Gasteiger charge is 2.34. The van der Waals surface area contributed by atoms with Crippen LogP contribution < -0.4 is 5.48 Å². The molecule has 1 aromatic rings. The third-order valence-corrected chi connectivity index (χ3v) is 1.52. The average Bonchev–Trinajstić information content (AvgIpc) is 2.07. The summed E-state index contributed by atoms with van der Waals surface area (Å²) in [5, 5.41) is 8.90. The predicted molar refractivity (Wildman–Crippen MR) is 43.7 cm³/mol. The largest absolute Gasteiger partial charge is 0.508 e. The smallest absolute Gasteiger partial charge is 0.418 e. The Kier molecular flexibility index (Phi) is 2.85. The highest BCUT2D eigenvalue weighted by molar-refractivity contribution is 5.54. The Balaban J connectivity index is 3.16. The lowest BCUT2D eigenvalue weighted by atomic mass is 10.1. The maximum absolute atomic E-state index is 12.3. The minimum atomic E-state index is -4.53.